The lowest BCUT2D eigenvalue weighted by atomic mass is 10.1. The van der Waals surface area contributed by atoms with Gasteiger partial charge in [0.05, 0.1) is 4.90 Å². The van der Waals surface area contributed by atoms with Gasteiger partial charge in [-0.3, -0.25) is 14.3 Å². The van der Waals surface area contributed by atoms with Crippen LogP contribution in [0.4, 0.5) is 5.69 Å². The summed E-state index contributed by atoms with van der Waals surface area (Å²) >= 11 is 0. The van der Waals surface area contributed by atoms with Gasteiger partial charge in [0.15, 0.2) is 0 Å². The molecule has 1 aliphatic rings. The van der Waals surface area contributed by atoms with E-state index in [1.54, 1.807) is 36.1 Å². The Morgan fingerprint density at radius 1 is 1.03 bits per heavy atom. The molecule has 1 atom stereocenters. The fourth-order valence-electron chi connectivity index (χ4n) is 3.98. The second-order valence-corrected chi connectivity index (χ2v) is 10.4. The molecule has 2 aromatic carbocycles. The maximum absolute atomic E-state index is 13.1. The molecule has 172 valence electrons. The SMILES string of the molecule is Cc1cc(C)c(S(=O)(=O)Nc2cccc(C(=O)N3CCC[C@@H]3C(=O)NC(C)C)c2)cc1C. The smallest absolute Gasteiger partial charge is 0.262 e. The second kappa shape index (κ2) is 9.32. The lowest BCUT2D eigenvalue weighted by Gasteiger charge is -2.25. The third-order valence-electron chi connectivity index (χ3n) is 5.69. The van der Waals surface area contributed by atoms with E-state index < -0.39 is 16.1 Å². The number of nitrogens with one attached hydrogen (secondary N) is 2. The quantitative estimate of drug-likeness (QED) is 0.694. The Hall–Kier alpha value is -2.87. The van der Waals surface area contributed by atoms with Crippen LogP contribution in [0.15, 0.2) is 41.3 Å². The van der Waals surface area contributed by atoms with Crippen LogP contribution in [0.25, 0.3) is 0 Å². The Labute approximate surface area is 190 Å². The van der Waals surface area contributed by atoms with Crippen molar-refractivity contribution >= 4 is 27.5 Å². The molecule has 8 heteroatoms. The van der Waals surface area contributed by atoms with E-state index in [0.717, 1.165) is 17.5 Å². The van der Waals surface area contributed by atoms with Crippen molar-refractivity contribution in [3.8, 4) is 0 Å². The van der Waals surface area contributed by atoms with E-state index in [9.17, 15) is 18.0 Å². The van der Waals surface area contributed by atoms with E-state index >= 15 is 0 Å². The molecule has 2 aromatic rings. The highest BCUT2D eigenvalue weighted by Crippen LogP contribution is 2.25. The van der Waals surface area contributed by atoms with Crippen LogP contribution in [0, 0.1) is 20.8 Å². The first kappa shape index (κ1) is 23.8. The molecule has 7 nitrogen and oxygen atoms in total. The molecule has 2 N–H and O–H groups in total. The predicted octanol–water partition coefficient (Wildman–Crippen LogP) is 3.54. The van der Waals surface area contributed by atoms with Crippen LogP contribution in [0.2, 0.25) is 0 Å². The number of hydrogen-bond acceptors (Lipinski definition) is 4. The average Bonchev–Trinajstić information content (AvgIpc) is 3.19. The van der Waals surface area contributed by atoms with E-state index in [2.05, 4.69) is 10.0 Å². The molecule has 3 rings (SSSR count). The Balaban J connectivity index is 1.83. The molecule has 1 aliphatic heterocycles. The summed E-state index contributed by atoms with van der Waals surface area (Å²) in [6.07, 6.45) is 1.36. The fourth-order valence-corrected chi connectivity index (χ4v) is 5.34. The predicted molar refractivity (Wildman–Crippen MR) is 125 cm³/mol. The second-order valence-electron chi connectivity index (χ2n) is 8.71. The molecule has 0 radical (unpaired) electrons. The van der Waals surface area contributed by atoms with Gasteiger partial charge in [0.2, 0.25) is 5.91 Å². The molecule has 32 heavy (non-hydrogen) atoms. The molecule has 1 heterocycles. The third kappa shape index (κ3) is 5.12. The largest absolute Gasteiger partial charge is 0.352 e. The molecule has 0 bridgehead atoms. The summed E-state index contributed by atoms with van der Waals surface area (Å²) in [5.41, 5.74) is 3.21. The number of carbonyl (C=O) groups is 2. The number of carbonyl (C=O) groups excluding carboxylic acids is 2. The number of likely N-dealkylation sites (tertiary alicyclic amines) is 1. The number of nitrogens with zero attached hydrogens (tertiary/aromatic N) is 1. The zero-order valence-electron chi connectivity index (χ0n) is 19.2. The van der Waals surface area contributed by atoms with E-state index in [4.69, 9.17) is 0 Å². The molecule has 0 aromatic heterocycles. The number of sulfonamides is 1. The van der Waals surface area contributed by atoms with Crippen molar-refractivity contribution in [1.82, 2.24) is 10.2 Å². The minimum absolute atomic E-state index is 0.00773. The number of benzene rings is 2. The summed E-state index contributed by atoms with van der Waals surface area (Å²) in [5, 5.41) is 2.87. The molecule has 0 spiro atoms. The molecular formula is C24H31N3O4S. The first-order valence-electron chi connectivity index (χ1n) is 10.8. The Kier molecular flexibility index (Phi) is 6.93. The van der Waals surface area contributed by atoms with Gasteiger partial charge in [0.1, 0.15) is 6.04 Å². The number of amides is 2. The molecule has 1 saturated heterocycles. The highest BCUT2D eigenvalue weighted by atomic mass is 32.2. The highest BCUT2D eigenvalue weighted by molar-refractivity contribution is 7.92. The molecule has 0 aliphatic carbocycles. The van der Waals surface area contributed by atoms with E-state index in [-0.39, 0.29) is 22.8 Å². The maximum atomic E-state index is 13.1. The molecule has 0 saturated carbocycles. The Morgan fingerprint density at radius 2 is 1.72 bits per heavy atom. The van der Waals surface area contributed by atoms with Crippen molar-refractivity contribution in [2.45, 2.75) is 64.4 Å². The van der Waals surface area contributed by atoms with Crippen molar-refractivity contribution < 1.29 is 18.0 Å². The minimum atomic E-state index is -3.82. The number of hydrogen-bond donors (Lipinski definition) is 2. The first-order chi connectivity index (χ1) is 15.0. The average molecular weight is 458 g/mol. The normalized spacial score (nSPS) is 16.3. The van der Waals surface area contributed by atoms with Crippen molar-refractivity contribution in [1.29, 1.82) is 0 Å². The number of aryl methyl sites for hydroxylation is 3. The van der Waals surface area contributed by atoms with Gasteiger partial charge in [0.25, 0.3) is 15.9 Å². The van der Waals surface area contributed by atoms with Gasteiger partial charge in [0, 0.05) is 23.8 Å². The van der Waals surface area contributed by atoms with E-state index in [0.29, 0.717) is 29.8 Å². The van der Waals surface area contributed by atoms with Gasteiger partial charge >= 0.3 is 0 Å². The van der Waals surface area contributed by atoms with Gasteiger partial charge in [-0.2, -0.15) is 0 Å². The van der Waals surface area contributed by atoms with Crippen LogP contribution in [0.1, 0.15) is 53.7 Å². The number of anilines is 1. The number of rotatable bonds is 6. The van der Waals surface area contributed by atoms with Crippen LogP contribution in [-0.2, 0) is 14.8 Å². The zero-order valence-corrected chi connectivity index (χ0v) is 20.0. The molecule has 1 fully saturated rings. The van der Waals surface area contributed by atoms with Gasteiger partial charge in [-0.15, -0.1) is 0 Å². The lowest BCUT2D eigenvalue weighted by molar-refractivity contribution is -0.125. The van der Waals surface area contributed by atoms with Crippen LogP contribution < -0.4 is 10.0 Å². The fraction of sp³-hybridized carbons (Fsp3) is 0.417. The van der Waals surface area contributed by atoms with Crippen LogP contribution >= 0.6 is 0 Å². The topological polar surface area (TPSA) is 95.6 Å². The monoisotopic (exact) mass is 457 g/mol. The highest BCUT2D eigenvalue weighted by Gasteiger charge is 2.34. The van der Waals surface area contributed by atoms with Crippen LogP contribution in [-0.4, -0.2) is 43.8 Å². The summed E-state index contributed by atoms with van der Waals surface area (Å²) in [6.45, 7) is 9.82. The molecule has 0 unspecified atom stereocenters. The van der Waals surface area contributed by atoms with Gasteiger partial charge in [-0.05, 0) is 88.4 Å². The zero-order chi connectivity index (χ0) is 23.6. The summed E-state index contributed by atoms with van der Waals surface area (Å²) < 4.78 is 28.6. The van der Waals surface area contributed by atoms with Crippen molar-refractivity contribution in [2.75, 3.05) is 11.3 Å². The lowest BCUT2D eigenvalue weighted by Crippen LogP contribution is -2.47. The molecule has 2 amide bonds. The standard InChI is InChI=1S/C24H31N3O4S/c1-15(2)25-23(28)21-10-7-11-27(21)24(29)19-8-6-9-20(14-19)26-32(30,31)22-13-17(4)16(3)12-18(22)5/h6,8-9,12-15,21,26H,7,10-11H2,1-5H3,(H,25,28)/t21-/m1/s1. The minimum Gasteiger partial charge on any atom is -0.352 e. The first-order valence-corrected chi connectivity index (χ1v) is 12.3. The van der Waals surface area contributed by atoms with Crippen LogP contribution in [0.5, 0.6) is 0 Å². The summed E-state index contributed by atoms with van der Waals surface area (Å²) in [4.78, 5) is 27.4. The molecular weight excluding hydrogens is 426 g/mol. The van der Waals surface area contributed by atoms with E-state index in [1.165, 1.54) is 6.07 Å². The maximum Gasteiger partial charge on any atom is 0.262 e. The van der Waals surface area contributed by atoms with Gasteiger partial charge in [-0.25, -0.2) is 8.42 Å². The summed E-state index contributed by atoms with van der Waals surface area (Å²) in [5.74, 6) is -0.442. The van der Waals surface area contributed by atoms with Gasteiger partial charge in [-0.1, -0.05) is 12.1 Å². The summed E-state index contributed by atoms with van der Waals surface area (Å²) in [7, 11) is -3.82. The third-order valence-corrected chi connectivity index (χ3v) is 7.21. The van der Waals surface area contributed by atoms with Crippen molar-refractivity contribution in [3.05, 3.63) is 58.7 Å². The van der Waals surface area contributed by atoms with Crippen molar-refractivity contribution in [2.24, 2.45) is 0 Å². The van der Waals surface area contributed by atoms with Crippen LogP contribution in [0.3, 0.4) is 0 Å². The Morgan fingerprint density at radius 3 is 2.41 bits per heavy atom. The van der Waals surface area contributed by atoms with Crippen molar-refractivity contribution in [3.63, 3.8) is 0 Å². The summed E-state index contributed by atoms with van der Waals surface area (Å²) in [6, 6.07) is 9.39. The van der Waals surface area contributed by atoms with E-state index in [1.807, 2.05) is 33.8 Å². The Bertz CT molecular complexity index is 1140. The van der Waals surface area contributed by atoms with Gasteiger partial charge < -0.3 is 10.2 Å².